The fraction of sp³-hybridized carbons (Fsp3) is 0.235. The van der Waals surface area contributed by atoms with Gasteiger partial charge in [-0.05, 0) is 30.3 Å². The summed E-state index contributed by atoms with van der Waals surface area (Å²) in [6.07, 6.45) is 0. The van der Waals surface area contributed by atoms with E-state index in [9.17, 15) is 18.0 Å². The van der Waals surface area contributed by atoms with Crippen molar-refractivity contribution in [3.63, 3.8) is 0 Å². The number of urea groups is 1. The number of nitrogens with zero attached hydrogens (tertiary/aromatic N) is 2. The molecular formula is C17H16F3N3O. The molecule has 0 saturated carbocycles. The molecule has 0 spiro atoms. The van der Waals surface area contributed by atoms with Gasteiger partial charge >= 0.3 is 6.03 Å². The molecule has 0 bridgehead atoms. The Bertz CT molecular complexity index is 725. The number of nitrogens with one attached hydrogen (secondary N) is 1. The van der Waals surface area contributed by atoms with Crippen molar-refractivity contribution in [1.29, 1.82) is 0 Å². The molecule has 1 saturated heterocycles. The lowest BCUT2D eigenvalue weighted by Crippen LogP contribution is -2.50. The summed E-state index contributed by atoms with van der Waals surface area (Å²) in [5.74, 6) is -1.95. The van der Waals surface area contributed by atoms with E-state index in [0.29, 0.717) is 26.2 Å². The lowest BCUT2D eigenvalue weighted by atomic mass is 10.2. The number of piperazine rings is 1. The second-order valence-corrected chi connectivity index (χ2v) is 5.48. The van der Waals surface area contributed by atoms with Crippen LogP contribution in [-0.4, -0.2) is 37.1 Å². The van der Waals surface area contributed by atoms with Gasteiger partial charge in [-0.1, -0.05) is 12.1 Å². The van der Waals surface area contributed by atoms with Crippen molar-refractivity contribution in [2.24, 2.45) is 0 Å². The number of para-hydroxylation sites is 1. The fourth-order valence-electron chi connectivity index (χ4n) is 2.64. The van der Waals surface area contributed by atoms with Gasteiger partial charge in [0.15, 0.2) is 0 Å². The standard InChI is InChI=1S/C17H16F3N3O/c18-12-3-1-4-13(11-12)22-7-9-23(10-8-22)17(24)21-16-14(19)5-2-6-15(16)20/h1-6,11H,7-10H2,(H,21,24). The van der Waals surface area contributed by atoms with Crippen LogP contribution in [0.25, 0.3) is 0 Å². The van der Waals surface area contributed by atoms with Crippen LogP contribution in [0.15, 0.2) is 42.5 Å². The minimum Gasteiger partial charge on any atom is -0.368 e. The molecule has 126 valence electrons. The van der Waals surface area contributed by atoms with E-state index >= 15 is 0 Å². The van der Waals surface area contributed by atoms with Gasteiger partial charge in [0.25, 0.3) is 0 Å². The molecule has 0 unspecified atom stereocenters. The normalized spacial score (nSPS) is 14.6. The molecule has 0 aliphatic carbocycles. The highest BCUT2D eigenvalue weighted by molar-refractivity contribution is 5.89. The summed E-state index contributed by atoms with van der Waals surface area (Å²) in [7, 11) is 0. The lowest BCUT2D eigenvalue weighted by Gasteiger charge is -2.36. The zero-order valence-electron chi connectivity index (χ0n) is 12.8. The van der Waals surface area contributed by atoms with Crippen molar-refractivity contribution in [2.75, 3.05) is 36.4 Å². The third-order valence-electron chi connectivity index (χ3n) is 3.93. The van der Waals surface area contributed by atoms with E-state index in [2.05, 4.69) is 5.32 Å². The molecule has 1 aliphatic rings. The molecule has 4 nitrogen and oxygen atoms in total. The average Bonchev–Trinajstić information content (AvgIpc) is 2.58. The third-order valence-corrected chi connectivity index (χ3v) is 3.93. The Balaban J connectivity index is 1.61. The second kappa shape index (κ2) is 6.82. The average molecular weight is 335 g/mol. The van der Waals surface area contributed by atoms with E-state index < -0.39 is 23.4 Å². The lowest BCUT2D eigenvalue weighted by molar-refractivity contribution is 0.208. The second-order valence-electron chi connectivity index (χ2n) is 5.48. The summed E-state index contributed by atoms with van der Waals surface area (Å²) < 4.78 is 40.4. The molecule has 0 radical (unpaired) electrons. The van der Waals surface area contributed by atoms with E-state index in [4.69, 9.17) is 0 Å². The van der Waals surface area contributed by atoms with E-state index in [1.54, 1.807) is 12.1 Å². The van der Waals surface area contributed by atoms with Crippen molar-refractivity contribution >= 4 is 17.4 Å². The predicted octanol–water partition coefficient (Wildman–Crippen LogP) is 3.46. The van der Waals surface area contributed by atoms with Gasteiger partial charge in [-0.3, -0.25) is 0 Å². The molecule has 24 heavy (non-hydrogen) atoms. The first-order valence-corrected chi connectivity index (χ1v) is 7.55. The number of anilines is 2. The fourth-order valence-corrected chi connectivity index (χ4v) is 2.64. The van der Waals surface area contributed by atoms with Gasteiger partial charge in [0.05, 0.1) is 0 Å². The van der Waals surface area contributed by atoms with Gasteiger partial charge in [-0.2, -0.15) is 0 Å². The van der Waals surface area contributed by atoms with Gasteiger partial charge < -0.3 is 15.1 Å². The summed E-state index contributed by atoms with van der Waals surface area (Å²) in [5, 5.41) is 2.27. The Kier molecular flexibility index (Phi) is 4.59. The van der Waals surface area contributed by atoms with E-state index in [0.717, 1.165) is 17.8 Å². The van der Waals surface area contributed by atoms with Crippen LogP contribution in [0.4, 0.5) is 29.3 Å². The number of benzene rings is 2. The van der Waals surface area contributed by atoms with E-state index in [-0.39, 0.29) is 5.82 Å². The molecule has 1 fully saturated rings. The first-order chi connectivity index (χ1) is 11.5. The minimum absolute atomic E-state index is 0.317. The van der Waals surface area contributed by atoms with Crippen molar-refractivity contribution in [3.8, 4) is 0 Å². The van der Waals surface area contributed by atoms with Crippen molar-refractivity contribution in [1.82, 2.24) is 4.90 Å². The van der Waals surface area contributed by atoms with Crippen LogP contribution < -0.4 is 10.2 Å². The quantitative estimate of drug-likeness (QED) is 0.912. The van der Waals surface area contributed by atoms with Crippen LogP contribution in [0.1, 0.15) is 0 Å². The van der Waals surface area contributed by atoms with Crippen LogP contribution >= 0.6 is 0 Å². The van der Waals surface area contributed by atoms with Crippen LogP contribution in [0.2, 0.25) is 0 Å². The number of halogens is 3. The zero-order valence-corrected chi connectivity index (χ0v) is 12.8. The summed E-state index contributed by atoms with van der Waals surface area (Å²) >= 11 is 0. The third kappa shape index (κ3) is 3.45. The monoisotopic (exact) mass is 335 g/mol. The van der Waals surface area contributed by atoms with Gasteiger partial charge in [0, 0.05) is 31.9 Å². The molecule has 1 heterocycles. The molecule has 2 amide bonds. The van der Waals surface area contributed by atoms with E-state index in [1.165, 1.54) is 23.1 Å². The molecule has 0 atom stereocenters. The van der Waals surface area contributed by atoms with Gasteiger partial charge in [0.2, 0.25) is 0 Å². The summed E-state index contributed by atoms with van der Waals surface area (Å²) in [6.45, 7) is 1.77. The Labute approximate surface area is 137 Å². The first kappa shape index (κ1) is 16.2. The largest absolute Gasteiger partial charge is 0.368 e. The molecule has 3 rings (SSSR count). The van der Waals surface area contributed by atoms with Gasteiger partial charge in [0.1, 0.15) is 23.1 Å². The van der Waals surface area contributed by atoms with Crippen LogP contribution in [0.5, 0.6) is 0 Å². The molecule has 7 heteroatoms. The summed E-state index contributed by atoms with van der Waals surface area (Å²) in [5.41, 5.74) is 0.297. The van der Waals surface area contributed by atoms with Gasteiger partial charge in [-0.15, -0.1) is 0 Å². The number of hydrogen-bond donors (Lipinski definition) is 1. The number of carbonyl (C=O) groups is 1. The Morgan fingerprint density at radius 1 is 0.917 bits per heavy atom. The maximum Gasteiger partial charge on any atom is 0.322 e. The topological polar surface area (TPSA) is 35.6 Å². The van der Waals surface area contributed by atoms with Crippen LogP contribution in [0.3, 0.4) is 0 Å². The van der Waals surface area contributed by atoms with Crippen LogP contribution in [0, 0.1) is 17.5 Å². The predicted molar refractivity (Wildman–Crippen MR) is 85.6 cm³/mol. The highest BCUT2D eigenvalue weighted by Crippen LogP contribution is 2.20. The summed E-state index contributed by atoms with van der Waals surface area (Å²) in [6, 6.07) is 9.08. The van der Waals surface area contributed by atoms with Gasteiger partial charge in [-0.25, -0.2) is 18.0 Å². The highest BCUT2D eigenvalue weighted by atomic mass is 19.1. The van der Waals surface area contributed by atoms with Crippen molar-refractivity contribution in [2.45, 2.75) is 0 Å². The SMILES string of the molecule is O=C(Nc1c(F)cccc1F)N1CCN(c2cccc(F)c2)CC1. The minimum atomic E-state index is -0.818. The zero-order chi connectivity index (χ0) is 17.1. The van der Waals surface area contributed by atoms with Crippen molar-refractivity contribution in [3.05, 3.63) is 59.9 Å². The van der Waals surface area contributed by atoms with Crippen molar-refractivity contribution < 1.29 is 18.0 Å². The molecule has 1 N–H and O–H groups in total. The smallest absolute Gasteiger partial charge is 0.322 e. The number of hydrogen-bond acceptors (Lipinski definition) is 2. The summed E-state index contributed by atoms with van der Waals surface area (Å²) in [4.78, 5) is 15.6. The maximum absolute atomic E-state index is 13.6. The number of carbonyl (C=O) groups excluding carboxylic acids is 1. The molecule has 1 aliphatic heterocycles. The molecule has 2 aromatic carbocycles. The Morgan fingerprint density at radius 2 is 1.54 bits per heavy atom. The maximum atomic E-state index is 13.6. The Hall–Kier alpha value is -2.70. The van der Waals surface area contributed by atoms with E-state index in [1.807, 2.05) is 4.90 Å². The molecular weight excluding hydrogens is 319 g/mol. The first-order valence-electron chi connectivity index (χ1n) is 7.55. The Morgan fingerprint density at radius 3 is 2.17 bits per heavy atom. The highest BCUT2D eigenvalue weighted by Gasteiger charge is 2.23. The molecule has 2 aromatic rings. The number of amides is 2. The van der Waals surface area contributed by atoms with Crippen LogP contribution in [-0.2, 0) is 0 Å². The number of rotatable bonds is 2. The molecule has 0 aromatic heterocycles.